The predicted molar refractivity (Wildman–Crippen MR) is 101 cm³/mol. The molecule has 0 atom stereocenters. The summed E-state index contributed by atoms with van der Waals surface area (Å²) in [4.78, 5) is 26.9. The first-order chi connectivity index (χ1) is 11.5. The number of hydrogen-bond donors (Lipinski definition) is 2. The molecule has 2 N–H and O–H groups in total. The highest BCUT2D eigenvalue weighted by molar-refractivity contribution is 9.10. The lowest BCUT2D eigenvalue weighted by Crippen LogP contribution is -2.11. The van der Waals surface area contributed by atoms with Crippen molar-refractivity contribution in [2.24, 2.45) is 0 Å². The zero-order valence-electron chi connectivity index (χ0n) is 13.0. The Bertz CT molecular complexity index is 1010. The standard InChI is InChI=1S/C19H15BrN2O2/c1-12-10-15(7-8-16(12)20)21-18(23)9-6-14-11-13-4-2-3-5-17(13)22-19(14)24/h2-11H,1H3,(H,21,23)(H,22,24)/b9-6+. The molecule has 1 amide bonds. The number of carbonyl (C=O) groups is 1. The summed E-state index contributed by atoms with van der Waals surface area (Å²) < 4.78 is 0.985. The van der Waals surface area contributed by atoms with Gasteiger partial charge in [0.05, 0.1) is 0 Å². The van der Waals surface area contributed by atoms with E-state index in [-0.39, 0.29) is 11.5 Å². The molecule has 24 heavy (non-hydrogen) atoms. The Hall–Kier alpha value is -2.66. The molecule has 3 rings (SSSR count). The molecule has 0 aliphatic rings. The van der Waals surface area contributed by atoms with Crippen molar-refractivity contribution in [1.29, 1.82) is 0 Å². The van der Waals surface area contributed by atoms with Gasteiger partial charge in [0.25, 0.3) is 5.56 Å². The minimum atomic E-state index is -0.288. The number of hydrogen-bond acceptors (Lipinski definition) is 2. The number of anilines is 1. The number of amides is 1. The van der Waals surface area contributed by atoms with Crippen LogP contribution in [0.4, 0.5) is 5.69 Å². The lowest BCUT2D eigenvalue weighted by atomic mass is 10.1. The van der Waals surface area contributed by atoms with Crippen LogP contribution < -0.4 is 10.9 Å². The largest absolute Gasteiger partial charge is 0.323 e. The van der Waals surface area contributed by atoms with Crippen molar-refractivity contribution in [3.05, 3.63) is 80.6 Å². The number of halogens is 1. The van der Waals surface area contributed by atoms with Crippen LogP contribution >= 0.6 is 15.9 Å². The van der Waals surface area contributed by atoms with Crippen LogP contribution in [0.25, 0.3) is 17.0 Å². The molecule has 0 aliphatic heterocycles. The molecule has 0 aliphatic carbocycles. The van der Waals surface area contributed by atoms with Gasteiger partial charge in [-0.05, 0) is 54.3 Å². The molecular formula is C19H15BrN2O2. The molecule has 0 spiro atoms. The second kappa shape index (κ2) is 6.84. The van der Waals surface area contributed by atoms with E-state index in [2.05, 4.69) is 26.2 Å². The summed E-state index contributed by atoms with van der Waals surface area (Å²) in [6.07, 6.45) is 2.88. The van der Waals surface area contributed by atoms with Crippen molar-refractivity contribution in [2.45, 2.75) is 6.92 Å². The van der Waals surface area contributed by atoms with Crippen LogP contribution in [0.2, 0.25) is 0 Å². The van der Waals surface area contributed by atoms with Gasteiger partial charge in [0.15, 0.2) is 0 Å². The van der Waals surface area contributed by atoms with E-state index in [1.165, 1.54) is 12.2 Å². The maximum atomic E-state index is 12.0. The number of H-pyrrole nitrogens is 1. The average molecular weight is 383 g/mol. The van der Waals surface area contributed by atoms with Crippen molar-refractivity contribution in [3.8, 4) is 0 Å². The molecule has 120 valence electrons. The molecule has 0 bridgehead atoms. The quantitative estimate of drug-likeness (QED) is 0.665. The Balaban J connectivity index is 1.79. The molecule has 0 saturated carbocycles. The second-order valence-corrected chi connectivity index (χ2v) is 6.28. The Morgan fingerprint density at radius 2 is 1.96 bits per heavy atom. The van der Waals surface area contributed by atoms with Crippen LogP contribution in [0.1, 0.15) is 11.1 Å². The number of benzene rings is 2. The molecule has 0 radical (unpaired) electrons. The van der Waals surface area contributed by atoms with E-state index in [1.807, 2.05) is 49.4 Å². The van der Waals surface area contributed by atoms with E-state index in [9.17, 15) is 9.59 Å². The van der Waals surface area contributed by atoms with Crippen molar-refractivity contribution in [1.82, 2.24) is 4.98 Å². The first-order valence-corrected chi connectivity index (χ1v) is 8.19. The Labute approximate surface area is 147 Å². The van der Waals surface area contributed by atoms with Gasteiger partial charge in [-0.3, -0.25) is 9.59 Å². The molecule has 3 aromatic rings. The highest BCUT2D eigenvalue weighted by atomic mass is 79.9. The van der Waals surface area contributed by atoms with Crippen molar-refractivity contribution >= 4 is 44.5 Å². The van der Waals surface area contributed by atoms with Gasteiger partial charge in [-0.1, -0.05) is 34.1 Å². The monoisotopic (exact) mass is 382 g/mol. The van der Waals surface area contributed by atoms with Gasteiger partial charge in [-0.25, -0.2) is 0 Å². The summed E-state index contributed by atoms with van der Waals surface area (Å²) in [5.41, 5.74) is 2.73. The first-order valence-electron chi connectivity index (χ1n) is 7.40. The smallest absolute Gasteiger partial charge is 0.255 e. The second-order valence-electron chi connectivity index (χ2n) is 5.43. The van der Waals surface area contributed by atoms with Crippen molar-refractivity contribution in [3.63, 3.8) is 0 Å². The number of para-hydroxylation sites is 1. The van der Waals surface area contributed by atoms with E-state index in [0.717, 1.165) is 20.9 Å². The SMILES string of the molecule is Cc1cc(NC(=O)/C=C/c2cc3ccccc3[nH]c2=O)ccc1Br. The molecule has 0 saturated heterocycles. The maximum Gasteiger partial charge on any atom is 0.255 e. The van der Waals surface area contributed by atoms with Gasteiger partial charge in [-0.15, -0.1) is 0 Å². The number of aromatic amines is 1. The number of aryl methyl sites for hydroxylation is 1. The zero-order valence-corrected chi connectivity index (χ0v) is 14.6. The van der Waals surface area contributed by atoms with E-state index in [4.69, 9.17) is 0 Å². The third-order valence-electron chi connectivity index (χ3n) is 3.62. The van der Waals surface area contributed by atoms with Gasteiger partial charge in [0, 0.05) is 27.3 Å². The van der Waals surface area contributed by atoms with Crippen LogP contribution in [-0.4, -0.2) is 10.9 Å². The molecule has 1 heterocycles. The zero-order chi connectivity index (χ0) is 17.1. The summed E-state index contributed by atoms with van der Waals surface area (Å²) in [5.74, 6) is -0.288. The number of rotatable bonds is 3. The van der Waals surface area contributed by atoms with Gasteiger partial charge in [0.1, 0.15) is 0 Å². The summed E-state index contributed by atoms with van der Waals surface area (Å²) in [7, 11) is 0. The highest BCUT2D eigenvalue weighted by Crippen LogP contribution is 2.20. The fourth-order valence-corrected chi connectivity index (χ4v) is 2.61. The maximum absolute atomic E-state index is 12.0. The summed E-state index contributed by atoms with van der Waals surface area (Å²) in [5, 5.41) is 3.70. The minimum Gasteiger partial charge on any atom is -0.323 e. The summed E-state index contributed by atoms with van der Waals surface area (Å²) >= 11 is 3.42. The van der Waals surface area contributed by atoms with Crippen LogP contribution in [0.5, 0.6) is 0 Å². The first kappa shape index (κ1) is 16.2. The third kappa shape index (κ3) is 3.63. The number of pyridine rings is 1. The van der Waals surface area contributed by atoms with E-state index < -0.39 is 0 Å². The topological polar surface area (TPSA) is 62.0 Å². The van der Waals surface area contributed by atoms with Gasteiger partial charge in [-0.2, -0.15) is 0 Å². The number of nitrogens with one attached hydrogen (secondary N) is 2. The average Bonchev–Trinajstić information content (AvgIpc) is 2.56. The van der Waals surface area contributed by atoms with Crippen molar-refractivity contribution in [2.75, 3.05) is 5.32 Å². The Kier molecular flexibility index (Phi) is 4.62. The lowest BCUT2D eigenvalue weighted by Gasteiger charge is -2.04. The number of fused-ring (bicyclic) bond motifs is 1. The Morgan fingerprint density at radius 1 is 1.17 bits per heavy atom. The highest BCUT2D eigenvalue weighted by Gasteiger charge is 2.03. The Morgan fingerprint density at radius 3 is 2.75 bits per heavy atom. The summed E-state index contributed by atoms with van der Waals surface area (Å²) in [6, 6.07) is 14.8. The predicted octanol–water partition coefficient (Wildman–Crippen LogP) is 4.25. The molecule has 2 aromatic carbocycles. The van der Waals surface area contributed by atoms with Gasteiger partial charge >= 0.3 is 0 Å². The molecular weight excluding hydrogens is 368 g/mol. The van der Waals surface area contributed by atoms with Gasteiger partial charge in [0.2, 0.25) is 5.91 Å². The van der Waals surface area contributed by atoms with Crippen molar-refractivity contribution < 1.29 is 4.79 Å². The lowest BCUT2D eigenvalue weighted by molar-refractivity contribution is -0.111. The number of aromatic nitrogens is 1. The minimum absolute atomic E-state index is 0.225. The molecule has 5 heteroatoms. The van der Waals surface area contributed by atoms with E-state index >= 15 is 0 Å². The fraction of sp³-hybridized carbons (Fsp3) is 0.0526. The van der Waals surface area contributed by atoms with Crippen LogP contribution in [-0.2, 0) is 4.79 Å². The molecule has 0 unspecified atom stereocenters. The fourth-order valence-electron chi connectivity index (χ4n) is 2.36. The molecule has 4 nitrogen and oxygen atoms in total. The third-order valence-corrected chi connectivity index (χ3v) is 4.51. The van der Waals surface area contributed by atoms with Crippen LogP contribution in [0.3, 0.4) is 0 Å². The normalized spacial score (nSPS) is 11.1. The van der Waals surface area contributed by atoms with Crippen LogP contribution in [0.15, 0.2) is 63.9 Å². The molecule has 1 aromatic heterocycles. The van der Waals surface area contributed by atoms with E-state index in [1.54, 1.807) is 6.07 Å². The molecule has 0 fully saturated rings. The number of carbonyl (C=O) groups excluding carboxylic acids is 1. The van der Waals surface area contributed by atoms with Crippen LogP contribution in [0, 0.1) is 6.92 Å². The summed E-state index contributed by atoms with van der Waals surface area (Å²) in [6.45, 7) is 1.95. The van der Waals surface area contributed by atoms with E-state index in [0.29, 0.717) is 11.3 Å². The van der Waals surface area contributed by atoms with Gasteiger partial charge < -0.3 is 10.3 Å².